The molecule has 0 saturated carbocycles. The number of hydrogen-bond donors (Lipinski definition) is 2. The first kappa shape index (κ1) is 15.4. The van der Waals surface area contributed by atoms with Gasteiger partial charge < -0.3 is 30.0 Å². The van der Waals surface area contributed by atoms with Gasteiger partial charge in [-0.25, -0.2) is 0 Å². The number of benzene rings is 1. The molecule has 0 unspecified atom stereocenters. The lowest BCUT2D eigenvalue weighted by molar-refractivity contribution is -0.0988. The highest BCUT2D eigenvalue weighted by Gasteiger charge is 2.40. The summed E-state index contributed by atoms with van der Waals surface area (Å²) in [4.78, 5) is 12.5. The molecular formula is C14H20N2O5. The molecule has 3 N–H and O–H groups in total. The second kappa shape index (κ2) is 6.19. The van der Waals surface area contributed by atoms with E-state index in [1.165, 1.54) is 20.3 Å². The second-order valence-corrected chi connectivity index (χ2v) is 4.95. The molecule has 0 aromatic heterocycles. The molecule has 1 aromatic rings. The Bertz CT molecular complexity index is 528. The van der Waals surface area contributed by atoms with E-state index >= 15 is 0 Å². The van der Waals surface area contributed by atoms with Crippen LogP contribution < -0.4 is 20.5 Å². The molecule has 1 aromatic carbocycles. The second-order valence-electron chi connectivity index (χ2n) is 4.95. The summed E-state index contributed by atoms with van der Waals surface area (Å²) in [5, 5.41) is 2.92. The van der Waals surface area contributed by atoms with Crippen molar-refractivity contribution in [2.75, 3.05) is 46.9 Å². The SMILES string of the molecule is COCC1(NC(=O)c2cc(N)c(OC)cc2OC)COC1. The average molecular weight is 296 g/mol. The van der Waals surface area contributed by atoms with Gasteiger partial charge in [0.05, 0.1) is 45.3 Å². The first-order valence-electron chi connectivity index (χ1n) is 6.46. The van der Waals surface area contributed by atoms with Crippen LogP contribution in [0.3, 0.4) is 0 Å². The predicted octanol–water partition coefficient (Wildman–Crippen LogP) is 0.431. The lowest BCUT2D eigenvalue weighted by Gasteiger charge is -2.41. The van der Waals surface area contributed by atoms with E-state index in [1.54, 1.807) is 13.2 Å². The summed E-state index contributed by atoms with van der Waals surface area (Å²) in [7, 11) is 4.57. The van der Waals surface area contributed by atoms with Crippen LogP contribution in [-0.2, 0) is 9.47 Å². The van der Waals surface area contributed by atoms with Gasteiger partial charge >= 0.3 is 0 Å². The van der Waals surface area contributed by atoms with Crippen molar-refractivity contribution < 1.29 is 23.7 Å². The number of carbonyl (C=O) groups is 1. The van der Waals surface area contributed by atoms with E-state index in [1.807, 2.05) is 0 Å². The largest absolute Gasteiger partial charge is 0.496 e. The maximum atomic E-state index is 12.5. The fraction of sp³-hybridized carbons (Fsp3) is 0.500. The maximum absolute atomic E-state index is 12.5. The number of nitrogens with one attached hydrogen (secondary N) is 1. The molecule has 0 radical (unpaired) electrons. The number of nitrogen functional groups attached to an aromatic ring is 1. The Morgan fingerprint density at radius 3 is 2.43 bits per heavy atom. The summed E-state index contributed by atoms with van der Waals surface area (Å²) in [6, 6.07) is 3.12. The van der Waals surface area contributed by atoms with Gasteiger partial charge in [-0.3, -0.25) is 4.79 Å². The van der Waals surface area contributed by atoms with E-state index in [4.69, 9.17) is 24.7 Å². The quantitative estimate of drug-likeness (QED) is 0.740. The lowest BCUT2D eigenvalue weighted by atomic mass is 9.97. The number of rotatable bonds is 6. The summed E-state index contributed by atoms with van der Waals surface area (Å²) >= 11 is 0. The van der Waals surface area contributed by atoms with Crippen LogP contribution in [0.1, 0.15) is 10.4 Å². The zero-order valence-corrected chi connectivity index (χ0v) is 12.4. The molecule has 1 heterocycles. The Hall–Kier alpha value is -1.99. The van der Waals surface area contributed by atoms with E-state index in [-0.39, 0.29) is 5.91 Å². The third-order valence-corrected chi connectivity index (χ3v) is 3.35. The summed E-state index contributed by atoms with van der Waals surface area (Å²) in [6.07, 6.45) is 0. The fourth-order valence-electron chi connectivity index (χ4n) is 2.23. The van der Waals surface area contributed by atoms with Crippen molar-refractivity contribution in [3.8, 4) is 11.5 Å². The van der Waals surface area contributed by atoms with Crippen LogP contribution in [-0.4, -0.2) is 52.6 Å². The molecule has 1 saturated heterocycles. The maximum Gasteiger partial charge on any atom is 0.255 e. The van der Waals surface area contributed by atoms with Crippen molar-refractivity contribution in [1.82, 2.24) is 5.32 Å². The van der Waals surface area contributed by atoms with Crippen molar-refractivity contribution in [3.63, 3.8) is 0 Å². The van der Waals surface area contributed by atoms with Crippen LogP contribution >= 0.6 is 0 Å². The molecule has 2 rings (SSSR count). The topological polar surface area (TPSA) is 92.0 Å². The molecule has 1 aliphatic heterocycles. The van der Waals surface area contributed by atoms with Gasteiger partial charge in [-0.1, -0.05) is 0 Å². The molecule has 1 fully saturated rings. The Morgan fingerprint density at radius 2 is 1.95 bits per heavy atom. The zero-order chi connectivity index (χ0) is 15.5. The monoisotopic (exact) mass is 296 g/mol. The summed E-state index contributed by atoms with van der Waals surface area (Å²) in [6.45, 7) is 1.22. The van der Waals surface area contributed by atoms with Crippen molar-refractivity contribution in [2.24, 2.45) is 0 Å². The first-order valence-corrected chi connectivity index (χ1v) is 6.46. The van der Waals surface area contributed by atoms with Crippen LogP contribution in [0, 0.1) is 0 Å². The molecular weight excluding hydrogens is 276 g/mol. The molecule has 0 atom stereocenters. The van der Waals surface area contributed by atoms with E-state index in [9.17, 15) is 4.79 Å². The van der Waals surface area contributed by atoms with Gasteiger partial charge in [0, 0.05) is 13.2 Å². The van der Waals surface area contributed by atoms with E-state index in [2.05, 4.69) is 5.32 Å². The van der Waals surface area contributed by atoms with E-state index < -0.39 is 5.54 Å². The standard InChI is InChI=1S/C14H20N2O5/c1-18-6-14(7-21-8-14)16-13(17)9-4-10(15)12(20-3)5-11(9)19-2/h4-5H,6-8,15H2,1-3H3,(H,16,17). The minimum Gasteiger partial charge on any atom is -0.496 e. The third-order valence-electron chi connectivity index (χ3n) is 3.35. The van der Waals surface area contributed by atoms with Crippen LogP contribution in [0.2, 0.25) is 0 Å². The molecule has 0 bridgehead atoms. The van der Waals surface area contributed by atoms with Gasteiger partial charge in [0.2, 0.25) is 0 Å². The Morgan fingerprint density at radius 1 is 1.29 bits per heavy atom. The summed E-state index contributed by atoms with van der Waals surface area (Å²) in [5.41, 5.74) is 6.07. The number of hydrogen-bond acceptors (Lipinski definition) is 6. The number of ether oxygens (including phenoxy) is 4. The van der Waals surface area contributed by atoms with Crippen LogP contribution in [0.5, 0.6) is 11.5 Å². The zero-order valence-electron chi connectivity index (χ0n) is 12.4. The van der Waals surface area contributed by atoms with E-state index in [0.29, 0.717) is 42.6 Å². The highest BCUT2D eigenvalue weighted by atomic mass is 16.5. The molecule has 0 aliphatic carbocycles. The number of amides is 1. The number of nitrogens with two attached hydrogens (primary N) is 1. The van der Waals surface area contributed by atoms with Gasteiger partial charge in [0.1, 0.15) is 17.0 Å². The first-order chi connectivity index (χ1) is 10.0. The van der Waals surface area contributed by atoms with Crippen LogP contribution in [0.4, 0.5) is 5.69 Å². The highest BCUT2D eigenvalue weighted by Crippen LogP contribution is 2.31. The van der Waals surface area contributed by atoms with Gasteiger partial charge in [0.25, 0.3) is 5.91 Å². The molecule has 116 valence electrons. The van der Waals surface area contributed by atoms with Crippen molar-refractivity contribution in [3.05, 3.63) is 17.7 Å². The number of carbonyl (C=O) groups excluding carboxylic acids is 1. The normalized spacial score (nSPS) is 16.0. The lowest BCUT2D eigenvalue weighted by Crippen LogP contribution is -2.64. The number of anilines is 1. The van der Waals surface area contributed by atoms with Crippen molar-refractivity contribution in [1.29, 1.82) is 0 Å². The molecule has 1 amide bonds. The molecule has 21 heavy (non-hydrogen) atoms. The van der Waals surface area contributed by atoms with Crippen molar-refractivity contribution in [2.45, 2.75) is 5.54 Å². The highest BCUT2D eigenvalue weighted by molar-refractivity contribution is 5.99. The average Bonchev–Trinajstić information content (AvgIpc) is 2.44. The molecule has 0 spiro atoms. The van der Waals surface area contributed by atoms with Gasteiger partial charge in [-0.15, -0.1) is 0 Å². The van der Waals surface area contributed by atoms with Crippen LogP contribution in [0.15, 0.2) is 12.1 Å². The van der Waals surface area contributed by atoms with Gasteiger partial charge in [-0.05, 0) is 6.07 Å². The Kier molecular flexibility index (Phi) is 4.54. The molecule has 7 nitrogen and oxygen atoms in total. The molecule has 1 aliphatic rings. The third kappa shape index (κ3) is 3.03. The molecule has 7 heteroatoms. The minimum atomic E-state index is -0.495. The minimum absolute atomic E-state index is 0.290. The van der Waals surface area contributed by atoms with E-state index in [0.717, 1.165) is 0 Å². The Balaban J connectivity index is 2.24. The smallest absolute Gasteiger partial charge is 0.255 e. The fourth-order valence-corrected chi connectivity index (χ4v) is 2.23. The predicted molar refractivity (Wildman–Crippen MR) is 76.9 cm³/mol. The van der Waals surface area contributed by atoms with Gasteiger partial charge in [0.15, 0.2) is 0 Å². The van der Waals surface area contributed by atoms with Crippen LogP contribution in [0.25, 0.3) is 0 Å². The summed E-state index contributed by atoms with van der Waals surface area (Å²) < 4.78 is 20.7. The van der Waals surface area contributed by atoms with Crippen molar-refractivity contribution >= 4 is 11.6 Å². The summed E-state index contributed by atoms with van der Waals surface area (Å²) in [5.74, 6) is 0.565. The Labute approximate surface area is 123 Å². The van der Waals surface area contributed by atoms with Gasteiger partial charge in [-0.2, -0.15) is 0 Å². The number of methoxy groups -OCH3 is 3.